The van der Waals surface area contributed by atoms with Crippen molar-refractivity contribution in [1.29, 1.82) is 0 Å². The third-order valence-corrected chi connectivity index (χ3v) is 3.65. The fourth-order valence-electron chi connectivity index (χ4n) is 2.31. The van der Waals surface area contributed by atoms with E-state index in [1.54, 1.807) is 6.07 Å². The minimum atomic E-state index is -0.342. The molecule has 0 aliphatic heterocycles. The van der Waals surface area contributed by atoms with E-state index in [1.807, 2.05) is 0 Å². The maximum absolute atomic E-state index is 13.4. The summed E-state index contributed by atoms with van der Waals surface area (Å²) in [5.41, 5.74) is 6.37. The Labute approximate surface area is 132 Å². The Morgan fingerprint density at radius 3 is 2.71 bits per heavy atom. The third kappa shape index (κ3) is 4.61. The molecular formula is C15H19BrFN3O. The SMILES string of the molecule is CC(C)CC(CN)Cc1nc(-c2cc(F)cc(Br)c2)no1. The van der Waals surface area contributed by atoms with Gasteiger partial charge in [-0.05, 0) is 43.0 Å². The van der Waals surface area contributed by atoms with Gasteiger partial charge < -0.3 is 10.3 Å². The van der Waals surface area contributed by atoms with Crippen molar-refractivity contribution in [2.45, 2.75) is 26.7 Å². The van der Waals surface area contributed by atoms with Crippen LogP contribution in [0.1, 0.15) is 26.2 Å². The van der Waals surface area contributed by atoms with Crippen molar-refractivity contribution in [3.63, 3.8) is 0 Å². The standard InChI is InChI=1S/C15H19BrFN3O/c1-9(2)3-10(8-18)4-14-19-15(20-21-14)11-5-12(16)7-13(17)6-11/h5-7,9-10H,3-4,8,18H2,1-2H3. The highest BCUT2D eigenvalue weighted by atomic mass is 79.9. The van der Waals surface area contributed by atoms with Gasteiger partial charge in [0, 0.05) is 16.5 Å². The lowest BCUT2D eigenvalue weighted by molar-refractivity contribution is 0.332. The van der Waals surface area contributed by atoms with Crippen LogP contribution >= 0.6 is 15.9 Å². The first-order chi connectivity index (χ1) is 9.97. The maximum Gasteiger partial charge on any atom is 0.227 e. The number of hydrogen-bond acceptors (Lipinski definition) is 4. The Morgan fingerprint density at radius 1 is 1.33 bits per heavy atom. The number of nitrogens with two attached hydrogens (primary N) is 1. The molecule has 2 aromatic rings. The molecule has 0 bridgehead atoms. The van der Waals surface area contributed by atoms with Crippen molar-refractivity contribution in [2.24, 2.45) is 17.6 Å². The Balaban J connectivity index is 2.13. The van der Waals surface area contributed by atoms with E-state index in [-0.39, 0.29) is 5.82 Å². The van der Waals surface area contributed by atoms with Crippen LogP contribution in [-0.2, 0) is 6.42 Å². The van der Waals surface area contributed by atoms with E-state index in [2.05, 4.69) is 39.9 Å². The summed E-state index contributed by atoms with van der Waals surface area (Å²) in [6.07, 6.45) is 1.66. The van der Waals surface area contributed by atoms with Gasteiger partial charge in [0.2, 0.25) is 11.7 Å². The molecule has 1 aromatic heterocycles. The Kier molecular flexibility index (Phi) is 5.47. The van der Waals surface area contributed by atoms with Gasteiger partial charge in [0.15, 0.2) is 0 Å². The van der Waals surface area contributed by atoms with Gasteiger partial charge in [-0.15, -0.1) is 0 Å². The molecular weight excluding hydrogens is 337 g/mol. The molecule has 0 amide bonds. The summed E-state index contributed by atoms with van der Waals surface area (Å²) in [7, 11) is 0. The molecule has 21 heavy (non-hydrogen) atoms. The summed E-state index contributed by atoms with van der Waals surface area (Å²) in [4.78, 5) is 4.34. The van der Waals surface area contributed by atoms with Crippen molar-refractivity contribution in [2.75, 3.05) is 6.54 Å². The molecule has 2 N–H and O–H groups in total. The molecule has 0 aliphatic carbocycles. The van der Waals surface area contributed by atoms with Gasteiger partial charge >= 0.3 is 0 Å². The van der Waals surface area contributed by atoms with Crippen LogP contribution in [0.25, 0.3) is 11.4 Å². The largest absolute Gasteiger partial charge is 0.339 e. The summed E-state index contributed by atoms with van der Waals surface area (Å²) >= 11 is 3.25. The van der Waals surface area contributed by atoms with E-state index in [0.717, 1.165) is 6.42 Å². The summed E-state index contributed by atoms with van der Waals surface area (Å²) in [6, 6.07) is 4.53. The van der Waals surface area contributed by atoms with E-state index < -0.39 is 0 Å². The van der Waals surface area contributed by atoms with Gasteiger partial charge in [-0.1, -0.05) is 34.9 Å². The average Bonchev–Trinajstić information content (AvgIpc) is 2.84. The topological polar surface area (TPSA) is 64.9 Å². The number of hydrogen-bond donors (Lipinski definition) is 1. The van der Waals surface area contributed by atoms with E-state index in [0.29, 0.717) is 46.6 Å². The lowest BCUT2D eigenvalue weighted by atomic mass is 9.94. The number of nitrogens with zero attached hydrogens (tertiary/aromatic N) is 2. The Hall–Kier alpha value is -1.27. The van der Waals surface area contributed by atoms with E-state index in [4.69, 9.17) is 10.3 Å². The smallest absolute Gasteiger partial charge is 0.227 e. The highest BCUT2D eigenvalue weighted by Gasteiger charge is 2.16. The van der Waals surface area contributed by atoms with Gasteiger partial charge in [0.05, 0.1) is 0 Å². The van der Waals surface area contributed by atoms with Gasteiger partial charge in [-0.25, -0.2) is 4.39 Å². The fraction of sp³-hybridized carbons (Fsp3) is 0.467. The zero-order valence-electron chi connectivity index (χ0n) is 12.1. The van der Waals surface area contributed by atoms with Crippen molar-refractivity contribution in [3.8, 4) is 11.4 Å². The van der Waals surface area contributed by atoms with E-state index in [1.165, 1.54) is 12.1 Å². The number of aromatic nitrogens is 2. The van der Waals surface area contributed by atoms with Crippen LogP contribution in [0.15, 0.2) is 27.2 Å². The molecule has 0 saturated heterocycles. The molecule has 0 aliphatic rings. The lowest BCUT2D eigenvalue weighted by Crippen LogP contribution is -2.19. The Bertz CT molecular complexity index is 580. The van der Waals surface area contributed by atoms with Crippen LogP contribution in [0, 0.1) is 17.7 Å². The number of benzene rings is 1. The second-order valence-electron chi connectivity index (χ2n) is 5.61. The van der Waals surface area contributed by atoms with Gasteiger partial charge in [0.1, 0.15) is 5.82 Å². The van der Waals surface area contributed by atoms with Crippen LogP contribution < -0.4 is 5.73 Å². The summed E-state index contributed by atoms with van der Waals surface area (Å²) in [6.45, 7) is 4.90. The minimum absolute atomic E-state index is 0.317. The second kappa shape index (κ2) is 7.13. The highest BCUT2D eigenvalue weighted by molar-refractivity contribution is 9.10. The van der Waals surface area contributed by atoms with Crippen LogP contribution in [0.5, 0.6) is 0 Å². The van der Waals surface area contributed by atoms with E-state index >= 15 is 0 Å². The molecule has 0 spiro atoms. The molecule has 1 atom stereocenters. The second-order valence-corrected chi connectivity index (χ2v) is 6.52. The van der Waals surface area contributed by atoms with Gasteiger partial charge in [0.25, 0.3) is 0 Å². The Morgan fingerprint density at radius 2 is 2.10 bits per heavy atom. The quantitative estimate of drug-likeness (QED) is 0.855. The maximum atomic E-state index is 13.4. The summed E-state index contributed by atoms with van der Waals surface area (Å²) in [5.74, 6) is 1.48. The first kappa shape index (κ1) is 16.1. The van der Waals surface area contributed by atoms with Crippen molar-refractivity contribution in [3.05, 3.63) is 34.4 Å². The van der Waals surface area contributed by atoms with Crippen molar-refractivity contribution >= 4 is 15.9 Å². The van der Waals surface area contributed by atoms with Crippen LogP contribution in [0.4, 0.5) is 4.39 Å². The normalized spacial score (nSPS) is 12.9. The zero-order valence-corrected chi connectivity index (χ0v) is 13.7. The minimum Gasteiger partial charge on any atom is -0.339 e. The van der Waals surface area contributed by atoms with Crippen LogP contribution in [-0.4, -0.2) is 16.7 Å². The fourth-order valence-corrected chi connectivity index (χ4v) is 2.78. The molecule has 0 fully saturated rings. The average molecular weight is 356 g/mol. The first-order valence-electron chi connectivity index (χ1n) is 6.97. The molecule has 2 rings (SSSR count). The molecule has 4 nitrogen and oxygen atoms in total. The van der Waals surface area contributed by atoms with Gasteiger partial charge in [-0.3, -0.25) is 0 Å². The van der Waals surface area contributed by atoms with Crippen LogP contribution in [0.2, 0.25) is 0 Å². The first-order valence-corrected chi connectivity index (χ1v) is 7.76. The third-order valence-electron chi connectivity index (χ3n) is 3.19. The molecule has 1 unspecified atom stereocenters. The van der Waals surface area contributed by atoms with E-state index in [9.17, 15) is 4.39 Å². The number of rotatable bonds is 6. The predicted octanol–water partition coefficient (Wildman–Crippen LogP) is 3.80. The van der Waals surface area contributed by atoms with Crippen molar-refractivity contribution in [1.82, 2.24) is 10.1 Å². The van der Waals surface area contributed by atoms with Gasteiger partial charge in [-0.2, -0.15) is 4.98 Å². The highest BCUT2D eigenvalue weighted by Crippen LogP contribution is 2.23. The molecule has 1 aromatic carbocycles. The predicted molar refractivity (Wildman–Crippen MR) is 83.1 cm³/mol. The summed E-state index contributed by atoms with van der Waals surface area (Å²) in [5, 5.41) is 3.92. The lowest BCUT2D eigenvalue weighted by Gasteiger charge is -2.14. The monoisotopic (exact) mass is 355 g/mol. The molecule has 6 heteroatoms. The molecule has 114 valence electrons. The molecule has 0 radical (unpaired) electrons. The molecule has 0 saturated carbocycles. The summed E-state index contributed by atoms with van der Waals surface area (Å²) < 4.78 is 19.3. The van der Waals surface area contributed by atoms with Crippen molar-refractivity contribution < 1.29 is 8.91 Å². The number of halogens is 2. The molecule has 1 heterocycles. The van der Waals surface area contributed by atoms with Crippen LogP contribution in [0.3, 0.4) is 0 Å². The zero-order chi connectivity index (χ0) is 15.4.